The van der Waals surface area contributed by atoms with E-state index in [1.807, 2.05) is 24.3 Å². The second-order valence-corrected chi connectivity index (χ2v) is 4.33. The Morgan fingerprint density at radius 2 is 2.11 bits per heavy atom. The molecule has 0 saturated heterocycles. The van der Waals surface area contributed by atoms with Crippen molar-refractivity contribution >= 4 is 40.7 Å². The van der Waals surface area contributed by atoms with Gasteiger partial charge in [0.1, 0.15) is 0 Å². The van der Waals surface area contributed by atoms with E-state index >= 15 is 0 Å². The molecule has 1 N–H and O–H groups in total. The average Bonchev–Trinajstić information content (AvgIpc) is 2.78. The lowest BCUT2D eigenvalue weighted by Crippen LogP contribution is -2.34. The van der Waals surface area contributed by atoms with E-state index in [-0.39, 0.29) is 0 Å². The third kappa shape index (κ3) is 2.31. The number of aromatic nitrogens is 1. The number of carbonyl (C=O) groups excluding carboxylic acids is 1. The standard InChI is InChI=1S/C12H13ClN4O/c1-16(8-18)12(17(2)13)15-11-7-14-10-6-4-3-5-9(10)11/h3-8,14H,1-2H3. The summed E-state index contributed by atoms with van der Waals surface area (Å²) in [5.74, 6) is 0.358. The van der Waals surface area contributed by atoms with Crippen LogP contribution in [0.1, 0.15) is 0 Å². The Bertz CT molecular complexity index is 591. The number of amides is 1. The molecule has 0 radical (unpaired) electrons. The van der Waals surface area contributed by atoms with E-state index in [1.54, 1.807) is 20.3 Å². The number of guanidine groups is 1. The second kappa shape index (κ2) is 5.10. The minimum absolute atomic E-state index is 0.358. The van der Waals surface area contributed by atoms with Crippen molar-refractivity contribution in [3.05, 3.63) is 30.5 Å². The van der Waals surface area contributed by atoms with Gasteiger partial charge in [-0.15, -0.1) is 0 Å². The van der Waals surface area contributed by atoms with Gasteiger partial charge in [0, 0.05) is 43.0 Å². The van der Waals surface area contributed by atoms with Crippen LogP contribution in [0.3, 0.4) is 0 Å². The molecule has 0 bridgehead atoms. The largest absolute Gasteiger partial charge is 0.359 e. The fourth-order valence-corrected chi connectivity index (χ4v) is 1.83. The first-order valence-corrected chi connectivity index (χ1v) is 5.69. The number of aliphatic imine (C=N–C) groups is 1. The van der Waals surface area contributed by atoms with Gasteiger partial charge in [0.15, 0.2) is 0 Å². The Morgan fingerprint density at radius 1 is 1.39 bits per heavy atom. The molecule has 0 spiro atoms. The highest BCUT2D eigenvalue weighted by Crippen LogP contribution is 2.25. The number of aromatic amines is 1. The van der Waals surface area contributed by atoms with Gasteiger partial charge >= 0.3 is 0 Å². The normalized spacial score (nSPS) is 11.6. The number of carbonyl (C=O) groups is 1. The summed E-state index contributed by atoms with van der Waals surface area (Å²) in [5, 5.41) is 0.979. The van der Waals surface area contributed by atoms with Crippen molar-refractivity contribution < 1.29 is 4.79 Å². The zero-order valence-electron chi connectivity index (χ0n) is 10.1. The van der Waals surface area contributed by atoms with Crippen LogP contribution >= 0.6 is 11.8 Å². The number of hydrogen-bond donors (Lipinski definition) is 1. The van der Waals surface area contributed by atoms with Crippen LogP contribution in [0.15, 0.2) is 35.5 Å². The Labute approximate surface area is 110 Å². The molecule has 0 fully saturated rings. The van der Waals surface area contributed by atoms with Crippen molar-refractivity contribution in [3.63, 3.8) is 0 Å². The number of benzene rings is 1. The Kier molecular flexibility index (Phi) is 3.53. The lowest BCUT2D eigenvalue weighted by atomic mass is 10.2. The SMILES string of the molecule is CN(Cl)C(=Nc1c[nH]c2ccccc12)N(C)C=O. The molecule has 2 aromatic rings. The van der Waals surface area contributed by atoms with E-state index in [4.69, 9.17) is 11.8 Å². The maximum Gasteiger partial charge on any atom is 0.222 e. The maximum atomic E-state index is 10.8. The fourth-order valence-electron chi connectivity index (χ4n) is 1.67. The molecular weight excluding hydrogens is 252 g/mol. The highest BCUT2D eigenvalue weighted by Gasteiger charge is 2.11. The van der Waals surface area contributed by atoms with Crippen molar-refractivity contribution in [1.82, 2.24) is 14.3 Å². The number of halogens is 1. The van der Waals surface area contributed by atoms with Crippen LogP contribution in [-0.2, 0) is 4.79 Å². The van der Waals surface area contributed by atoms with E-state index in [1.165, 1.54) is 9.32 Å². The molecule has 94 valence electrons. The summed E-state index contributed by atoms with van der Waals surface area (Å²) in [5.41, 5.74) is 1.73. The van der Waals surface area contributed by atoms with Crippen LogP contribution in [0, 0.1) is 0 Å². The number of nitrogens with one attached hydrogen (secondary N) is 1. The van der Waals surface area contributed by atoms with Gasteiger partial charge in [0.2, 0.25) is 12.4 Å². The van der Waals surface area contributed by atoms with Crippen LogP contribution in [0.4, 0.5) is 5.69 Å². The zero-order chi connectivity index (χ0) is 13.1. The van der Waals surface area contributed by atoms with Crippen molar-refractivity contribution in [3.8, 4) is 0 Å². The molecule has 0 aliphatic carbocycles. The molecule has 0 atom stereocenters. The quantitative estimate of drug-likeness (QED) is 0.392. The molecule has 2 rings (SSSR count). The minimum Gasteiger partial charge on any atom is -0.359 e. The topological polar surface area (TPSA) is 51.7 Å². The van der Waals surface area contributed by atoms with Gasteiger partial charge in [-0.05, 0) is 6.07 Å². The molecule has 18 heavy (non-hydrogen) atoms. The van der Waals surface area contributed by atoms with E-state index in [2.05, 4.69) is 9.98 Å². The summed E-state index contributed by atoms with van der Waals surface area (Å²) < 4.78 is 1.27. The Balaban J connectivity index is 2.50. The van der Waals surface area contributed by atoms with Gasteiger partial charge in [-0.3, -0.25) is 14.1 Å². The van der Waals surface area contributed by atoms with E-state index in [9.17, 15) is 4.79 Å². The predicted octanol–water partition coefficient (Wildman–Crippen LogP) is 2.33. The number of H-pyrrole nitrogens is 1. The van der Waals surface area contributed by atoms with Crippen LogP contribution in [0.5, 0.6) is 0 Å². The first kappa shape index (κ1) is 12.4. The molecule has 1 heterocycles. The lowest BCUT2D eigenvalue weighted by molar-refractivity contribution is -0.114. The molecule has 6 heteroatoms. The number of nitrogens with zero attached hydrogens (tertiary/aromatic N) is 3. The number of para-hydroxylation sites is 1. The number of hydrogen-bond acceptors (Lipinski definition) is 2. The Hall–Kier alpha value is -2.01. The van der Waals surface area contributed by atoms with E-state index in [0.717, 1.165) is 16.6 Å². The number of fused-ring (bicyclic) bond motifs is 1. The van der Waals surface area contributed by atoms with E-state index < -0.39 is 0 Å². The maximum absolute atomic E-state index is 10.8. The summed E-state index contributed by atoms with van der Waals surface area (Å²) in [7, 11) is 3.22. The van der Waals surface area contributed by atoms with Crippen LogP contribution in [-0.4, -0.2) is 40.8 Å². The molecule has 1 amide bonds. The van der Waals surface area contributed by atoms with Crippen molar-refractivity contribution in [1.29, 1.82) is 0 Å². The van der Waals surface area contributed by atoms with E-state index in [0.29, 0.717) is 12.4 Å². The summed E-state index contributed by atoms with van der Waals surface area (Å²) >= 11 is 5.88. The third-order valence-electron chi connectivity index (χ3n) is 2.54. The molecule has 0 saturated carbocycles. The van der Waals surface area contributed by atoms with Crippen LogP contribution < -0.4 is 0 Å². The van der Waals surface area contributed by atoms with Gasteiger partial charge in [-0.25, -0.2) is 4.99 Å². The molecule has 1 aromatic heterocycles. The molecule has 0 aliphatic rings. The lowest BCUT2D eigenvalue weighted by Gasteiger charge is -2.18. The van der Waals surface area contributed by atoms with Gasteiger partial charge in [-0.2, -0.15) is 0 Å². The second-order valence-electron chi connectivity index (χ2n) is 3.82. The molecule has 5 nitrogen and oxygen atoms in total. The van der Waals surface area contributed by atoms with Crippen molar-refractivity contribution in [2.24, 2.45) is 4.99 Å². The molecule has 1 aromatic carbocycles. The number of rotatable bonds is 2. The minimum atomic E-state index is 0.358. The van der Waals surface area contributed by atoms with Crippen molar-refractivity contribution in [2.45, 2.75) is 0 Å². The van der Waals surface area contributed by atoms with Crippen LogP contribution in [0.25, 0.3) is 10.9 Å². The predicted molar refractivity (Wildman–Crippen MR) is 72.8 cm³/mol. The van der Waals surface area contributed by atoms with Crippen LogP contribution in [0.2, 0.25) is 0 Å². The van der Waals surface area contributed by atoms with Gasteiger partial charge < -0.3 is 4.98 Å². The summed E-state index contributed by atoms with van der Waals surface area (Å²) in [6.45, 7) is 0. The Morgan fingerprint density at radius 3 is 2.78 bits per heavy atom. The monoisotopic (exact) mass is 264 g/mol. The van der Waals surface area contributed by atoms with Crippen molar-refractivity contribution in [2.75, 3.05) is 14.1 Å². The first-order chi connectivity index (χ1) is 8.63. The summed E-state index contributed by atoms with van der Waals surface area (Å²) in [6.07, 6.45) is 2.44. The van der Waals surface area contributed by atoms with Gasteiger partial charge in [0.25, 0.3) is 0 Å². The first-order valence-electron chi connectivity index (χ1n) is 5.36. The fraction of sp³-hybridized carbons (Fsp3) is 0.167. The van der Waals surface area contributed by atoms with Gasteiger partial charge in [0.05, 0.1) is 5.69 Å². The molecular formula is C12H13ClN4O. The third-order valence-corrected chi connectivity index (χ3v) is 2.69. The smallest absolute Gasteiger partial charge is 0.222 e. The molecule has 0 unspecified atom stereocenters. The highest BCUT2D eigenvalue weighted by atomic mass is 35.5. The highest BCUT2D eigenvalue weighted by molar-refractivity contribution is 6.22. The average molecular weight is 265 g/mol. The zero-order valence-corrected chi connectivity index (χ0v) is 10.8. The van der Waals surface area contributed by atoms with Gasteiger partial charge in [-0.1, -0.05) is 18.2 Å². The summed E-state index contributed by atoms with van der Waals surface area (Å²) in [6, 6.07) is 7.79. The molecule has 0 aliphatic heterocycles. The summed E-state index contributed by atoms with van der Waals surface area (Å²) in [4.78, 5) is 19.6.